The summed E-state index contributed by atoms with van der Waals surface area (Å²) in [6, 6.07) is 22.3. The van der Waals surface area contributed by atoms with Crippen molar-refractivity contribution in [2.45, 2.75) is 65.6 Å². The minimum atomic E-state index is -0.318. The standard InChI is InChI=1S/C27H27N3O2.C5H10O2/c1-27(2,3)22-12-10-21(11-13-22)23-14-9-20(16-28-23)15-25-29-17-24(26(31)30-25)32-18-19-7-5-4-6-8-19;1-5(2,3)7-4-6/h4-14,16-17H,15,18H2,1-3H3,(H,29,30,31);4H,1-3H3. The fourth-order valence-electron chi connectivity index (χ4n) is 3.49. The Hall–Kier alpha value is -4.26. The van der Waals surface area contributed by atoms with E-state index in [0.29, 0.717) is 25.3 Å². The lowest BCUT2D eigenvalue weighted by Crippen LogP contribution is -2.17. The maximum atomic E-state index is 10.2. The van der Waals surface area contributed by atoms with Gasteiger partial charge in [0.15, 0.2) is 5.75 Å². The first-order valence-electron chi connectivity index (χ1n) is 12.8. The lowest BCUT2D eigenvalue weighted by Gasteiger charge is -2.19. The fraction of sp³-hybridized carbons (Fsp3) is 0.312. The van der Waals surface area contributed by atoms with Gasteiger partial charge in [-0.15, -0.1) is 0 Å². The number of carbonyl (C=O) groups is 1. The molecule has 0 saturated carbocycles. The molecule has 4 rings (SSSR count). The third-order valence-electron chi connectivity index (χ3n) is 5.66. The largest absolute Gasteiger partial charge is 0.491 e. The number of carbonyl (C=O) groups excluding carboxylic acids is 1. The van der Waals surface area contributed by atoms with Crippen LogP contribution in [0.15, 0.2) is 79.1 Å². The SMILES string of the molecule is CC(C)(C)OC=O.CC(C)(C)c1ccc(-c2ccc(Cc3ncc(OCc4ccccc4)c(O)n3)cn2)cc1. The molecule has 0 radical (unpaired) electrons. The molecular weight excluding hydrogens is 490 g/mol. The summed E-state index contributed by atoms with van der Waals surface area (Å²) in [7, 11) is 0. The van der Waals surface area contributed by atoms with Crippen LogP contribution in [0.1, 0.15) is 64.1 Å². The molecule has 0 unspecified atom stereocenters. The molecule has 0 aliphatic heterocycles. The van der Waals surface area contributed by atoms with Crippen molar-refractivity contribution in [1.29, 1.82) is 0 Å². The molecule has 39 heavy (non-hydrogen) atoms. The van der Waals surface area contributed by atoms with Gasteiger partial charge >= 0.3 is 0 Å². The quantitative estimate of drug-likeness (QED) is 0.268. The molecule has 0 aliphatic rings. The zero-order valence-corrected chi connectivity index (χ0v) is 23.5. The van der Waals surface area contributed by atoms with E-state index in [9.17, 15) is 9.90 Å². The van der Waals surface area contributed by atoms with Gasteiger partial charge in [-0.2, -0.15) is 4.98 Å². The minimum Gasteiger partial charge on any atom is -0.491 e. The van der Waals surface area contributed by atoms with Crippen molar-refractivity contribution in [3.05, 3.63) is 102 Å². The second-order valence-corrected chi connectivity index (χ2v) is 11.1. The molecule has 2 aromatic carbocycles. The molecule has 0 fully saturated rings. The summed E-state index contributed by atoms with van der Waals surface area (Å²) in [6.07, 6.45) is 3.81. The van der Waals surface area contributed by atoms with E-state index in [1.807, 2.05) is 69.4 Å². The summed E-state index contributed by atoms with van der Waals surface area (Å²) in [5, 5.41) is 10.2. The van der Waals surface area contributed by atoms with Gasteiger partial charge in [0.25, 0.3) is 12.4 Å². The molecule has 1 N–H and O–H groups in total. The molecule has 0 aliphatic carbocycles. The Morgan fingerprint density at radius 2 is 1.51 bits per heavy atom. The molecule has 0 amide bonds. The highest BCUT2D eigenvalue weighted by molar-refractivity contribution is 5.59. The van der Waals surface area contributed by atoms with Crippen molar-refractivity contribution in [1.82, 2.24) is 15.0 Å². The summed E-state index contributed by atoms with van der Waals surface area (Å²) in [6.45, 7) is 12.9. The van der Waals surface area contributed by atoms with Gasteiger partial charge in [0, 0.05) is 18.2 Å². The summed E-state index contributed by atoms with van der Waals surface area (Å²) >= 11 is 0. The van der Waals surface area contributed by atoms with Crippen LogP contribution in [-0.2, 0) is 28.0 Å². The summed E-state index contributed by atoms with van der Waals surface area (Å²) in [5.41, 5.74) is 5.09. The molecule has 0 spiro atoms. The predicted octanol–water partition coefficient (Wildman–Crippen LogP) is 6.67. The summed E-state index contributed by atoms with van der Waals surface area (Å²) < 4.78 is 10.2. The number of aromatic hydroxyl groups is 1. The number of ether oxygens (including phenoxy) is 2. The Bertz CT molecular complexity index is 1330. The zero-order chi connectivity index (χ0) is 28.5. The summed E-state index contributed by atoms with van der Waals surface area (Å²) in [5.74, 6) is 0.623. The maximum Gasteiger partial charge on any atom is 0.293 e. The maximum absolute atomic E-state index is 10.2. The van der Waals surface area contributed by atoms with Crippen molar-refractivity contribution in [2.24, 2.45) is 0 Å². The van der Waals surface area contributed by atoms with Gasteiger partial charge in [0.2, 0.25) is 0 Å². The number of nitrogens with zero attached hydrogens (tertiary/aromatic N) is 3. The van der Waals surface area contributed by atoms with E-state index in [-0.39, 0.29) is 22.6 Å². The van der Waals surface area contributed by atoms with Gasteiger partial charge < -0.3 is 14.6 Å². The molecule has 0 saturated heterocycles. The molecule has 7 heteroatoms. The normalized spacial score (nSPS) is 11.2. The highest BCUT2D eigenvalue weighted by Crippen LogP contribution is 2.26. The first-order chi connectivity index (χ1) is 18.4. The Morgan fingerprint density at radius 3 is 2.03 bits per heavy atom. The number of pyridine rings is 1. The molecular formula is C32H37N3O4. The molecule has 0 atom stereocenters. The average Bonchev–Trinajstić information content (AvgIpc) is 2.89. The highest BCUT2D eigenvalue weighted by Gasteiger charge is 2.13. The Morgan fingerprint density at radius 1 is 0.821 bits per heavy atom. The summed E-state index contributed by atoms with van der Waals surface area (Å²) in [4.78, 5) is 22.7. The van der Waals surface area contributed by atoms with Crippen LogP contribution in [0.3, 0.4) is 0 Å². The molecule has 204 valence electrons. The molecule has 4 aromatic rings. The van der Waals surface area contributed by atoms with Crippen LogP contribution < -0.4 is 4.74 Å². The number of hydrogen-bond acceptors (Lipinski definition) is 7. The number of aromatic nitrogens is 3. The number of hydrogen-bond donors (Lipinski definition) is 1. The van der Waals surface area contributed by atoms with Crippen LogP contribution in [0.25, 0.3) is 11.3 Å². The minimum absolute atomic E-state index is 0.128. The Labute approximate surface area is 230 Å². The van der Waals surface area contributed by atoms with Crippen LogP contribution >= 0.6 is 0 Å². The van der Waals surface area contributed by atoms with Crippen LogP contribution in [0, 0.1) is 0 Å². The Balaban J connectivity index is 0.000000532. The molecule has 2 heterocycles. The number of benzene rings is 2. The van der Waals surface area contributed by atoms with E-state index < -0.39 is 0 Å². The first kappa shape index (κ1) is 29.3. The molecule has 2 aromatic heterocycles. The zero-order valence-electron chi connectivity index (χ0n) is 23.5. The van der Waals surface area contributed by atoms with Gasteiger partial charge in [-0.25, -0.2) is 4.98 Å². The molecule has 7 nitrogen and oxygen atoms in total. The topological polar surface area (TPSA) is 94.4 Å². The van der Waals surface area contributed by atoms with Gasteiger partial charge in [-0.05, 0) is 48.9 Å². The van der Waals surface area contributed by atoms with Crippen molar-refractivity contribution in [3.8, 4) is 22.9 Å². The first-order valence-corrected chi connectivity index (χ1v) is 12.8. The van der Waals surface area contributed by atoms with Crippen LogP contribution in [0.5, 0.6) is 11.6 Å². The predicted molar refractivity (Wildman–Crippen MR) is 153 cm³/mol. The second kappa shape index (κ2) is 13.0. The van der Waals surface area contributed by atoms with Crippen molar-refractivity contribution >= 4 is 6.47 Å². The van der Waals surface area contributed by atoms with E-state index in [1.54, 1.807) is 0 Å². The van der Waals surface area contributed by atoms with Crippen LogP contribution in [-0.4, -0.2) is 32.1 Å². The smallest absolute Gasteiger partial charge is 0.293 e. The van der Waals surface area contributed by atoms with Gasteiger partial charge in [0.05, 0.1) is 11.9 Å². The lowest BCUT2D eigenvalue weighted by atomic mass is 9.86. The van der Waals surface area contributed by atoms with E-state index in [4.69, 9.17) is 4.74 Å². The number of rotatable bonds is 7. The fourth-order valence-corrected chi connectivity index (χ4v) is 3.49. The van der Waals surface area contributed by atoms with Crippen LogP contribution in [0.2, 0.25) is 0 Å². The lowest BCUT2D eigenvalue weighted by molar-refractivity contribution is -0.138. The monoisotopic (exact) mass is 527 g/mol. The van der Waals surface area contributed by atoms with E-state index in [1.165, 1.54) is 11.8 Å². The second-order valence-electron chi connectivity index (χ2n) is 11.1. The van der Waals surface area contributed by atoms with Gasteiger partial charge in [-0.1, -0.05) is 81.4 Å². The van der Waals surface area contributed by atoms with Crippen LogP contribution in [0.4, 0.5) is 0 Å². The van der Waals surface area contributed by atoms with Gasteiger partial charge in [0.1, 0.15) is 18.0 Å². The van der Waals surface area contributed by atoms with Gasteiger partial charge in [-0.3, -0.25) is 9.78 Å². The van der Waals surface area contributed by atoms with Crippen molar-refractivity contribution in [2.75, 3.05) is 0 Å². The third-order valence-corrected chi connectivity index (χ3v) is 5.66. The third kappa shape index (κ3) is 9.52. The molecule has 0 bridgehead atoms. The van der Waals surface area contributed by atoms with E-state index in [2.05, 4.69) is 64.7 Å². The van der Waals surface area contributed by atoms with Crippen molar-refractivity contribution < 1.29 is 19.4 Å². The van der Waals surface area contributed by atoms with E-state index >= 15 is 0 Å². The Kier molecular flexibility index (Phi) is 9.77. The van der Waals surface area contributed by atoms with Crippen molar-refractivity contribution in [3.63, 3.8) is 0 Å². The highest BCUT2D eigenvalue weighted by atomic mass is 16.5. The van der Waals surface area contributed by atoms with E-state index in [0.717, 1.165) is 22.4 Å². The average molecular weight is 528 g/mol.